The minimum atomic E-state index is -1.82. The van der Waals surface area contributed by atoms with E-state index in [2.05, 4.69) is 42.6 Å². The highest BCUT2D eigenvalue weighted by Gasteiger charge is 2.12. The monoisotopic (exact) mass is 331 g/mol. The molecule has 1 aliphatic rings. The average Bonchev–Trinajstić information content (AvgIpc) is 3.01. The van der Waals surface area contributed by atoms with Crippen LogP contribution in [0.25, 0.3) is 0 Å². The molecule has 2 aromatic carbocycles. The number of nitrogens with one attached hydrogen (secondary N) is 1. The summed E-state index contributed by atoms with van der Waals surface area (Å²) < 4.78 is 10.6. The standard InChI is InChI=1S/C15H15NO2.C2H2O4/c1-11-3-2-4-13(7-11)16-9-12-5-6-14-15(8-12)18-10-17-14;3-1(4)2(5)6/h2-8,16H,9-10H2,1H3;(H,3,4)(H,5,6). The Bertz CT molecular complexity index is 732. The van der Waals surface area contributed by atoms with Crippen molar-refractivity contribution in [1.29, 1.82) is 0 Å². The Morgan fingerprint density at radius 1 is 1.04 bits per heavy atom. The van der Waals surface area contributed by atoms with E-state index in [1.807, 2.05) is 12.1 Å². The number of ether oxygens (including phenoxy) is 2. The van der Waals surface area contributed by atoms with Crippen LogP contribution in [0.3, 0.4) is 0 Å². The first-order chi connectivity index (χ1) is 11.5. The van der Waals surface area contributed by atoms with Gasteiger partial charge in [0.05, 0.1) is 0 Å². The van der Waals surface area contributed by atoms with Crippen LogP contribution >= 0.6 is 0 Å². The first-order valence-corrected chi connectivity index (χ1v) is 7.11. The van der Waals surface area contributed by atoms with E-state index < -0.39 is 11.9 Å². The topological polar surface area (TPSA) is 105 Å². The van der Waals surface area contributed by atoms with Crippen LogP contribution in [0.2, 0.25) is 0 Å². The van der Waals surface area contributed by atoms with E-state index >= 15 is 0 Å². The van der Waals surface area contributed by atoms with Gasteiger partial charge in [-0.15, -0.1) is 0 Å². The number of carbonyl (C=O) groups is 2. The zero-order valence-corrected chi connectivity index (χ0v) is 13.0. The molecule has 3 rings (SSSR count). The summed E-state index contributed by atoms with van der Waals surface area (Å²) in [6.45, 7) is 3.19. The summed E-state index contributed by atoms with van der Waals surface area (Å²) in [7, 11) is 0. The summed E-state index contributed by atoms with van der Waals surface area (Å²) >= 11 is 0. The number of aryl methyl sites for hydroxylation is 1. The molecular formula is C17H17NO6. The highest BCUT2D eigenvalue weighted by molar-refractivity contribution is 6.27. The summed E-state index contributed by atoms with van der Waals surface area (Å²) in [5.74, 6) is -1.99. The van der Waals surface area contributed by atoms with Crippen LogP contribution in [-0.2, 0) is 16.1 Å². The molecule has 0 radical (unpaired) electrons. The second-order valence-electron chi connectivity index (χ2n) is 5.02. The molecule has 0 unspecified atom stereocenters. The Morgan fingerprint density at radius 2 is 1.75 bits per heavy atom. The van der Waals surface area contributed by atoms with Gasteiger partial charge in [-0.2, -0.15) is 0 Å². The van der Waals surface area contributed by atoms with Crippen LogP contribution < -0.4 is 14.8 Å². The molecule has 0 aromatic heterocycles. The molecule has 24 heavy (non-hydrogen) atoms. The highest BCUT2D eigenvalue weighted by Crippen LogP contribution is 2.32. The molecular weight excluding hydrogens is 314 g/mol. The van der Waals surface area contributed by atoms with Crippen LogP contribution in [0.15, 0.2) is 42.5 Å². The van der Waals surface area contributed by atoms with Crippen LogP contribution in [0.5, 0.6) is 11.5 Å². The van der Waals surface area contributed by atoms with Crippen molar-refractivity contribution in [1.82, 2.24) is 0 Å². The van der Waals surface area contributed by atoms with Gasteiger partial charge >= 0.3 is 11.9 Å². The molecule has 126 valence electrons. The second kappa shape index (κ2) is 7.87. The van der Waals surface area contributed by atoms with Gasteiger partial charge in [-0.3, -0.25) is 0 Å². The molecule has 7 nitrogen and oxygen atoms in total. The Hall–Kier alpha value is -3.22. The molecule has 1 heterocycles. The number of carboxylic acid groups (broad SMARTS) is 2. The van der Waals surface area contributed by atoms with Crippen molar-refractivity contribution in [2.75, 3.05) is 12.1 Å². The SMILES string of the molecule is Cc1cccc(NCc2ccc3c(c2)OCO3)c1.O=C(O)C(=O)O. The number of rotatable bonds is 3. The number of hydrogen-bond acceptors (Lipinski definition) is 5. The van der Waals surface area contributed by atoms with Gasteiger partial charge < -0.3 is 25.0 Å². The maximum absolute atomic E-state index is 9.10. The van der Waals surface area contributed by atoms with Crippen molar-refractivity contribution in [3.8, 4) is 11.5 Å². The van der Waals surface area contributed by atoms with Gasteiger partial charge in [0.2, 0.25) is 6.79 Å². The van der Waals surface area contributed by atoms with Gasteiger partial charge in [-0.05, 0) is 42.3 Å². The summed E-state index contributed by atoms with van der Waals surface area (Å²) in [5, 5.41) is 18.2. The fraction of sp³-hybridized carbons (Fsp3) is 0.176. The predicted molar refractivity (Wildman–Crippen MR) is 86.3 cm³/mol. The summed E-state index contributed by atoms with van der Waals surface area (Å²) in [6.07, 6.45) is 0. The van der Waals surface area contributed by atoms with Gasteiger partial charge in [-0.1, -0.05) is 18.2 Å². The molecule has 0 fully saturated rings. The largest absolute Gasteiger partial charge is 0.473 e. The minimum Gasteiger partial charge on any atom is -0.473 e. The Morgan fingerprint density at radius 3 is 2.42 bits per heavy atom. The van der Waals surface area contributed by atoms with Crippen molar-refractivity contribution in [2.24, 2.45) is 0 Å². The van der Waals surface area contributed by atoms with Gasteiger partial charge in [0, 0.05) is 12.2 Å². The normalized spacial score (nSPS) is 11.2. The van der Waals surface area contributed by atoms with E-state index in [1.54, 1.807) is 0 Å². The van der Waals surface area contributed by atoms with E-state index in [4.69, 9.17) is 29.3 Å². The summed E-state index contributed by atoms with van der Waals surface area (Å²) in [6, 6.07) is 14.4. The first kappa shape index (κ1) is 17.1. The molecule has 0 saturated carbocycles. The number of carboxylic acids is 2. The molecule has 0 bridgehead atoms. The molecule has 1 aliphatic heterocycles. The summed E-state index contributed by atoms with van der Waals surface area (Å²) in [5.41, 5.74) is 3.57. The molecule has 0 atom stereocenters. The lowest BCUT2D eigenvalue weighted by atomic mass is 10.2. The van der Waals surface area contributed by atoms with Crippen LogP contribution in [0, 0.1) is 6.92 Å². The Balaban J connectivity index is 0.000000301. The number of fused-ring (bicyclic) bond motifs is 1. The molecule has 7 heteroatoms. The van der Waals surface area contributed by atoms with E-state index in [1.165, 1.54) is 11.1 Å². The average molecular weight is 331 g/mol. The zero-order valence-electron chi connectivity index (χ0n) is 13.0. The van der Waals surface area contributed by atoms with Crippen LogP contribution in [0.4, 0.5) is 5.69 Å². The number of benzene rings is 2. The molecule has 0 amide bonds. The van der Waals surface area contributed by atoms with Crippen molar-refractivity contribution < 1.29 is 29.3 Å². The van der Waals surface area contributed by atoms with E-state index in [0.29, 0.717) is 6.79 Å². The molecule has 2 aromatic rings. The molecule has 0 aliphatic carbocycles. The quantitative estimate of drug-likeness (QED) is 0.742. The number of aliphatic carboxylic acids is 2. The van der Waals surface area contributed by atoms with Gasteiger partial charge in [-0.25, -0.2) is 9.59 Å². The van der Waals surface area contributed by atoms with E-state index in [-0.39, 0.29) is 0 Å². The van der Waals surface area contributed by atoms with E-state index in [0.717, 1.165) is 23.7 Å². The molecule has 0 saturated heterocycles. The van der Waals surface area contributed by atoms with Crippen molar-refractivity contribution in [3.05, 3.63) is 53.6 Å². The maximum Gasteiger partial charge on any atom is 0.414 e. The van der Waals surface area contributed by atoms with Crippen LogP contribution in [0.1, 0.15) is 11.1 Å². The third-order valence-electron chi connectivity index (χ3n) is 3.13. The van der Waals surface area contributed by atoms with Crippen molar-refractivity contribution >= 4 is 17.6 Å². The van der Waals surface area contributed by atoms with Gasteiger partial charge in [0.1, 0.15) is 0 Å². The Kier molecular flexibility index (Phi) is 5.62. The Labute approximate surface area is 138 Å². The number of anilines is 1. The zero-order chi connectivity index (χ0) is 17.5. The fourth-order valence-corrected chi connectivity index (χ4v) is 2.01. The lowest BCUT2D eigenvalue weighted by molar-refractivity contribution is -0.159. The summed E-state index contributed by atoms with van der Waals surface area (Å²) in [4.78, 5) is 18.2. The van der Waals surface area contributed by atoms with Crippen LogP contribution in [-0.4, -0.2) is 28.9 Å². The predicted octanol–water partition coefficient (Wildman–Crippen LogP) is 2.49. The van der Waals surface area contributed by atoms with Gasteiger partial charge in [0.25, 0.3) is 0 Å². The van der Waals surface area contributed by atoms with Gasteiger partial charge in [0.15, 0.2) is 11.5 Å². The molecule has 3 N–H and O–H groups in total. The third-order valence-corrected chi connectivity index (χ3v) is 3.13. The van der Waals surface area contributed by atoms with Crippen molar-refractivity contribution in [2.45, 2.75) is 13.5 Å². The lowest BCUT2D eigenvalue weighted by Gasteiger charge is -2.07. The lowest BCUT2D eigenvalue weighted by Crippen LogP contribution is -2.09. The smallest absolute Gasteiger partial charge is 0.414 e. The number of hydrogen-bond donors (Lipinski definition) is 3. The maximum atomic E-state index is 9.10. The fourth-order valence-electron chi connectivity index (χ4n) is 2.01. The molecule has 0 spiro atoms. The second-order valence-corrected chi connectivity index (χ2v) is 5.02. The highest BCUT2D eigenvalue weighted by atomic mass is 16.7. The van der Waals surface area contributed by atoms with E-state index in [9.17, 15) is 0 Å². The minimum absolute atomic E-state index is 0.324. The third kappa shape index (κ3) is 4.91. The first-order valence-electron chi connectivity index (χ1n) is 7.11. The van der Waals surface area contributed by atoms with Crippen molar-refractivity contribution in [3.63, 3.8) is 0 Å².